The highest BCUT2D eigenvalue weighted by Crippen LogP contribution is 2.03. The summed E-state index contributed by atoms with van der Waals surface area (Å²) in [5.74, 6) is 0. The van der Waals surface area contributed by atoms with Gasteiger partial charge >= 0.3 is 0 Å². The third-order valence-corrected chi connectivity index (χ3v) is 1.74. The molecular formula is C4H9IO2. The predicted molar refractivity (Wildman–Crippen MR) is 36.5 cm³/mol. The van der Waals surface area contributed by atoms with Crippen LogP contribution in [0.4, 0.5) is 0 Å². The summed E-state index contributed by atoms with van der Waals surface area (Å²) in [6, 6.07) is 0. The van der Waals surface area contributed by atoms with E-state index in [1.54, 1.807) is 7.11 Å². The van der Waals surface area contributed by atoms with E-state index in [2.05, 4.69) is 22.6 Å². The summed E-state index contributed by atoms with van der Waals surface area (Å²) in [7, 11) is 1.63. The first kappa shape index (κ1) is 7.65. The Morgan fingerprint density at radius 1 is 1.86 bits per heavy atom. The van der Waals surface area contributed by atoms with Crippen LogP contribution in [0.1, 0.15) is 6.42 Å². The van der Waals surface area contributed by atoms with Crippen molar-refractivity contribution in [2.75, 3.05) is 13.7 Å². The van der Waals surface area contributed by atoms with Gasteiger partial charge in [0.2, 0.25) is 0 Å². The number of hydrogen-bond acceptors (Lipinski definition) is 2. The van der Waals surface area contributed by atoms with Crippen LogP contribution in [0.2, 0.25) is 0 Å². The zero-order valence-electron chi connectivity index (χ0n) is 4.22. The molecule has 0 saturated carbocycles. The molecule has 1 N–H and O–H groups in total. The molecule has 7 heavy (non-hydrogen) atoms. The van der Waals surface area contributed by atoms with Gasteiger partial charge < -0.3 is 9.84 Å². The summed E-state index contributed by atoms with van der Waals surface area (Å²) in [5.41, 5.74) is 0. The minimum absolute atomic E-state index is 0.169. The maximum atomic E-state index is 8.28. The molecule has 0 saturated heterocycles. The standard InChI is InChI=1S/C4H9IO2/c1-7-4(5)2-3-6/h4,6H,2-3H2,1H3/t4-/m1/s1. The Morgan fingerprint density at radius 3 is 2.57 bits per heavy atom. The highest BCUT2D eigenvalue weighted by atomic mass is 127. The van der Waals surface area contributed by atoms with Crippen molar-refractivity contribution in [2.45, 2.75) is 10.5 Å². The molecule has 0 amide bonds. The fourth-order valence-corrected chi connectivity index (χ4v) is 0.498. The molecule has 1 atom stereocenters. The number of hydrogen-bond donors (Lipinski definition) is 1. The van der Waals surface area contributed by atoms with Crippen LogP contribution in [0.25, 0.3) is 0 Å². The Labute approximate surface area is 57.0 Å². The Hall–Kier alpha value is 0.650. The quantitative estimate of drug-likeness (QED) is 0.557. The summed E-state index contributed by atoms with van der Waals surface area (Å²) in [6.07, 6.45) is 0.719. The number of alkyl halides is 1. The molecule has 0 radical (unpaired) electrons. The van der Waals surface area contributed by atoms with Gasteiger partial charge in [0, 0.05) is 20.1 Å². The lowest BCUT2D eigenvalue weighted by atomic mass is 10.5. The first-order valence-electron chi connectivity index (χ1n) is 2.09. The predicted octanol–water partition coefficient (Wildman–Crippen LogP) is 0.776. The van der Waals surface area contributed by atoms with Crippen molar-refractivity contribution >= 4 is 22.6 Å². The van der Waals surface area contributed by atoms with Crippen LogP contribution in [0.15, 0.2) is 0 Å². The van der Waals surface area contributed by atoms with Crippen LogP contribution >= 0.6 is 22.6 Å². The fourth-order valence-electron chi connectivity index (χ4n) is 0.219. The molecule has 3 heteroatoms. The van der Waals surface area contributed by atoms with E-state index in [9.17, 15) is 0 Å². The van der Waals surface area contributed by atoms with Gasteiger partial charge in [-0.15, -0.1) is 0 Å². The second-order valence-electron chi connectivity index (χ2n) is 1.16. The lowest BCUT2D eigenvalue weighted by Gasteiger charge is -2.01. The third-order valence-electron chi connectivity index (χ3n) is 0.612. The van der Waals surface area contributed by atoms with Gasteiger partial charge in [-0.25, -0.2) is 0 Å². The monoisotopic (exact) mass is 216 g/mol. The van der Waals surface area contributed by atoms with E-state index in [0.717, 1.165) is 6.42 Å². The highest BCUT2D eigenvalue weighted by Gasteiger charge is 1.95. The largest absolute Gasteiger partial charge is 0.396 e. The van der Waals surface area contributed by atoms with Gasteiger partial charge in [-0.05, 0) is 0 Å². The average molecular weight is 216 g/mol. The number of aliphatic hydroxyl groups excluding tert-OH is 1. The molecule has 44 valence electrons. The molecule has 0 aliphatic carbocycles. The maximum Gasteiger partial charge on any atom is 0.110 e. The lowest BCUT2D eigenvalue weighted by Crippen LogP contribution is -2.01. The van der Waals surface area contributed by atoms with Crippen molar-refractivity contribution in [2.24, 2.45) is 0 Å². The van der Waals surface area contributed by atoms with Gasteiger partial charge in [-0.1, -0.05) is 22.6 Å². The summed E-state index contributed by atoms with van der Waals surface area (Å²) in [5, 5.41) is 8.28. The molecule has 0 aromatic heterocycles. The van der Waals surface area contributed by atoms with Gasteiger partial charge in [0.15, 0.2) is 0 Å². The van der Waals surface area contributed by atoms with E-state index in [-0.39, 0.29) is 10.7 Å². The van der Waals surface area contributed by atoms with Crippen LogP contribution in [0.5, 0.6) is 0 Å². The van der Waals surface area contributed by atoms with E-state index in [0.29, 0.717) is 0 Å². The highest BCUT2D eigenvalue weighted by molar-refractivity contribution is 14.1. The molecule has 0 rings (SSSR count). The van der Waals surface area contributed by atoms with Gasteiger partial charge in [0.1, 0.15) is 4.11 Å². The van der Waals surface area contributed by atoms with E-state index in [1.807, 2.05) is 0 Å². The van der Waals surface area contributed by atoms with Gasteiger partial charge in [0.25, 0.3) is 0 Å². The summed E-state index contributed by atoms with van der Waals surface area (Å²) >= 11 is 2.12. The Balaban J connectivity index is 2.83. The molecule has 0 spiro atoms. The second-order valence-corrected chi connectivity index (χ2v) is 2.55. The molecule has 0 aliphatic rings. The number of ether oxygens (including phenoxy) is 1. The number of methoxy groups -OCH3 is 1. The second kappa shape index (κ2) is 4.80. The summed E-state index contributed by atoms with van der Waals surface area (Å²) < 4.78 is 4.99. The molecule has 0 aromatic rings. The Bertz CT molecular complexity index is 40.7. The summed E-state index contributed by atoms with van der Waals surface area (Å²) in [6.45, 7) is 0.210. The maximum absolute atomic E-state index is 8.28. The molecule has 0 aromatic carbocycles. The third kappa shape index (κ3) is 4.50. The number of aliphatic hydroxyl groups is 1. The fraction of sp³-hybridized carbons (Fsp3) is 1.00. The van der Waals surface area contributed by atoms with Crippen molar-refractivity contribution in [1.82, 2.24) is 0 Å². The molecule has 2 nitrogen and oxygen atoms in total. The number of halogens is 1. The average Bonchev–Trinajstić information content (AvgIpc) is 1.68. The van der Waals surface area contributed by atoms with Crippen LogP contribution in [-0.2, 0) is 4.74 Å². The van der Waals surface area contributed by atoms with E-state index < -0.39 is 0 Å². The van der Waals surface area contributed by atoms with Gasteiger partial charge in [-0.2, -0.15) is 0 Å². The van der Waals surface area contributed by atoms with Crippen molar-refractivity contribution in [1.29, 1.82) is 0 Å². The molecular weight excluding hydrogens is 207 g/mol. The lowest BCUT2D eigenvalue weighted by molar-refractivity contribution is 0.152. The van der Waals surface area contributed by atoms with Crippen LogP contribution in [-0.4, -0.2) is 22.9 Å². The SMILES string of the molecule is CO[C@@H](I)CCO. The molecule has 0 heterocycles. The molecule has 0 unspecified atom stereocenters. The molecule has 0 bridgehead atoms. The van der Waals surface area contributed by atoms with Crippen molar-refractivity contribution in [3.8, 4) is 0 Å². The van der Waals surface area contributed by atoms with E-state index in [1.165, 1.54) is 0 Å². The first-order chi connectivity index (χ1) is 3.31. The summed E-state index contributed by atoms with van der Waals surface area (Å²) in [4.78, 5) is 0. The first-order valence-corrected chi connectivity index (χ1v) is 3.33. The van der Waals surface area contributed by atoms with Crippen molar-refractivity contribution in [3.05, 3.63) is 0 Å². The van der Waals surface area contributed by atoms with E-state index in [4.69, 9.17) is 9.84 Å². The smallest absolute Gasteiger partial charge is 0.110 e. The normalized spacial score (nSPS) is 14.1. The molecule has 0 fully saturated rings. The minimum Gasteiger partial charge on any atom is -0.396 e. The van der Waals surface area contributed by atoms with Crippen LogP contribution < -0.4 is 0 Å². The Kier molecular flexibility index (Phi) is 5.25. The topological polar surface area (TPSA) is 29.5 Å². The zero-order chi connectivity index (χ0) is 5.70. The van der Waals surface area contributed by atoms with Crippen molar-refractivity contribution < 1.29 is 9.84 Å². The number of rotatable bonds is 3. The Morgan fingerprint density at radius 2 is 2.43 bits per heavy atom. The minimum atomic E-state index is 0.169. The van der Waals surface area contributed by atoms with Gasteiger partial charge in [0.05, 0.1) is 0 Å². The molecule has 0 aliphatic heterocycles. The van der Waals surface area contributed by atoms with Crippen molar-refractivity contribution in [3.63, 3.8) is 0 Å². The van der Waals surface area contributed by atoms with E-state index >= 15 is 0 Å². The van der Waals surface area contributed by atoms with Gasteiger partial charge in [-0.3, -0.25) is 0 Å². The van der Waals surface area contributed by atoms with Crippen LogP contribution in [0, 0.1) is 0 Å². The zero-order valence-corrected chi connectivity index (χ0v) is 6.38. The van der Waals surface area contributed by atoms with Crippen LogP contribution in [0.3, 0.4) is 0 Å².